The van der Waals surface area contributed by atoms with Crippen molar-refractivity contribution in [1.29, 1.82) is 0 Å². The Morgan fingerprint density at radius 2 is 1.82 bits per heavy atom. The standard InChI is InChI=1S/C22H26N2O4/c1-16(19-15-18(27-2)10-11-20(19)28-3)24-22(26)13-14-23-21(25)12-9-17-7-5-4-6-8-17/h4-12,15-16H,13-14H2,1-3H3,(H,23,25)(H,24,26)/b12-9+/t16-/m0/s1. The van der Waals surface area contributed by atoms with Gasteiger partial charge in [0.1, 0.15) is 11.5 Å². The van der Waals surface area contributed by atoms with Crippen LogP contribution in [0.15, 0.2) is 54.6 Å². The van der Waals surface area contributed by atoms with Gasteiger partial charge in [0.05, 0.1) is 20.3 Å². The van der Waals surface area contributed by atoms with Crippen molar-refractivity contribution in [3.8, 4) is 11.5 Å². The summed E-state index contributed by atoms with van der Waals surface area (Å²) in [5, 5.41) is 5.62. The summed E-state index contributed by atoms with van der Waals surface area (Å²) in [4.78, 5) is 24.0. The molecule has 0 fully saturated rings. The number of carbonyl (C=O) groups is 2. The van der Waals surface area contributed by atoms with Gasteiger partial charge in [0.2, 0.25) is 11.8 Å². The summed E-state index contributed by atoms with van der Waals surface area (Å²) in [6.45, 7) is 2.13. The maximum atomic E-state index is 12.2. The lowest BCUT2D eigenvalue weighted by Gasteiger charge is -2.18. The minimum Gasteiger partial charge on any atom is -0.497 e. The first-order chi connectivity index (χ1) is 13.5. The molecular formula is C22H26N2O4. The third-order valence-corrected chi connectivity index (χ3v) is 4.16. The maximum absolute atomic E-state index is 12.2. The van der Waals surface area contributed by atoms with Gasteiger partial charge in [-0.25, -0.2) is 0 Å². The SMILES string of the molecule is COc1ccc(OC)c([C@H](C)NC(=O)CCNC(=O)/C=C/c2ccccc2)c1. The second kappa shape index (κ2) is 10.8. The topological polar surface area (TPSA) is 76.7 Å². The van der Waals surface area contributed by atoms with Crippen molar-refractivity contribution in [3.05, 3.63) is 65.7 Å². The lowest BCUT2D eigenvalue weighted by atomic mass is 10.1. The van der Waals surface area contributed by atoms with Crippen molar-refractivity contribution in [3.63, 3.8) is 0 Å². The number of nitrogens with one attached hydrogen (secondary N) is 2. The minimum absolute atomic E-state index is 0.162. The van der Waals surface area contributed by atoms with Crippen LogP contribution in [0, 0.1) is 0 Å². The molecule has 0 aliphatic heterocycles. The van der Waals surface area contributed by atoms with E-state index in [0.29, 0.717) is 11.5 Å². The summed E-state index contributed by atoms with van der Waals surface area (Å²) in [6.07, 6.45) is 3.37. The molecule has 2 amide bonds. The van der Waals surface area contributed by atoms with Gasteiger partial charge in [0, 0.05) is 24.6 Å². The molecule has 0 heterocycles. The number of methoxy groups -OCH3 is 2. The van der Waals surface area contributed by atoms with Crippen LogP contribution in [0.1, 0.15) is 30.5 Å². The fourth-order valence-corrected chi connectivity index (χ4v) is 2.66. The van der Waals surface area contributed by atoms with Crippen LogP contribution in [-0.4, -0.2) is 32.6 Å². The normalized spacial score (nSPS) is 11.7. The molecule has 0 bridgehead atoms. The molecule has 2 aromatic rings. The molecule has 0 aromatic heterocycles. The molecule has 0 saturated heterocycles. The van der Waals surface area contributed by atoms with Crippen molar-refractivity contribution in [2.45, 2.75) is 19.4 Å². The van der Waals surface area contributed by atoms with E-state index >= 15 is 0 Å². The highest BCUT2D eigenvalue weighted by Gasteiger charge is 2.15. The summed E-state index contributed by atoms with van der Waals surface area (Å²) < 4.78 is 10.6. The summed E-state index contributed by atoms with van der Waals surface area (Å²) in [5.41, 5.74) is 1.77. The Balaban J connectivity index is 1.80. The van der Waals surface area contributed by atoms with Crippen LogP contribution in [0.4, 0.5) is 0 Å². The van der Waals surface area contributed by atoms with Crippen LogP contribution in [0.3, 0.4) is 0 Å². The average Bonchev–Trinajstić information content (AvgIpc) is 2.72. The van der Waals surface area contributed by atoms with Crippen LogP contribution < -0.4 is 20.1 Å². The molecule has 6 nitrogen and oxygen atoms in total. The molecule has 2 aromatic carbocycles. The summed E-state index contributed by atoms with van der Waals surface area (Å²) in [6, 6.07) is 14.7. The predicted octanol–water partition coefficient (Wildman–Crippen LogP) is 3.10. The Morgan fingerprint density at radius 1 is 1.07 bits per heavy atom. The zero-order chi connectivity index (χ0) is 20.4. The number of rotatable bonds is 9. The largest absolute Gasteiger partial charge is 0.497 e. The first kappa shape index (κ1) is 21.0. The lowest BCUT2D eigenvalue weighted by Crippen LogP contribution is -2.31. The van der Waals surface area contributed by atoms with Gasteiger partial charge in [-0.15, -0.1) is 0 Å². The third kappa shape index (κ3) is 6.46. The van der Waals surface area contributed by atoms with Crippen molar-refractivity contribution >= 4 is 17.9 Å². The quantitative estimate of drug-likeness (QED) is 0.654. The van der Waals surface area contributed by atoms with E-state index in [2.05, 4.69) is 10.6 Å². The van der Waals surface area contributed by atoms with Crippen molar-refractivity contribution in [1.82, 2.24) is 10.6 Å². The van der Waals surface area contributed by atoms with Gasteiger partial charge in [-0.1, -0.05) is 30.3 Å². The van der Waals surface area contributed by atoms with E-state index < -0.39 is 0 Å². The van der Waals surface area contributed by atoms with E-state index in [1.165, 1.54) is 6.08 Å². The van der Waals surface area contributed by atoms with Crippen LogP contribution in [0.25, 0.3) is 6.08 Å². The number of carbonyl (C=O) groups excluding carboxylic acids is 2. The third-order valence-electron chi connectivity index (χ3n) is 4.16. The summed E-state index contributed by atoms with van der Waals surface area (Å²) >= 11 is 0. The lowest BCUT2D eigenvalue weighted by molar-refractivity contribution is -0.121. The van der Waals surface area contributed by atoms with Gasteiger partial charge < -0.3 is 20.1 Å². The molecule has 0 unspecified atom stereocenters. The van der Waals surface area contributed by atoms with Crippen LogP contribution in [-0.2, 0) is 9.59 Å². The van der Waals surface area contributed by atoms with E-state index in [9.17, 15) is 9.59 Å². The molecule has 0 radical (unpaired) electrons. The highest BCUT2D eigenvalue weighted by Crippen LogP contribution is 2.29. The first-order valence-corrected chi connectivity index (χ1v) is 9.05. The van der Waals surface area contributed by atoms with Gasteiger partial charge in [-0.05, 0) is 36.8 Å². The molecule has 148 valence electrons. The molecule has 2 N–H and O–H groups in total. The van der Waals surface area contributed by atoms with E-state index in [4.69, 9.17) is 9.47 Å². The second-order valence-electron chi connectivity index (χ2n) is 6.18. The molecule has 0 aliphatic rings. The molecular weight excluding hydrogens is 356 g/mol. The van der Waals surface area contributed by atoms with Gasteiger partial charge >= 0.3 is 0 Å². The summed E-state index contributed by atoms with van der Waals surface area (Å²) in [7, 11) is 3.17. The number of hydrogen-bond donors (Lipinski definition) is 2. The maximum Gasteiger partial charge on any atom is 0.244 e. The molecule has 1 atom stereocenters. The monoisotopic (exact) mass is 382 g/mol. The Bertz CT molecular complexity index is 819. The predicted molar refractivity (Wildman–Crippen MR) is 109 cm³/mol. The van der Waals surface area contributed by atoms with Crippen molar-refractivity contribution in [2.24, 2.45) is 0 Å². The van der Waals surface area contributed by atoms with E-state index in [1.807, 2.05) is 43.3 Å². The number of hydrogen-bond acceptors (Lipinski definition) is 4. The van der Waals surface area contributed by atoms with Crippen molar-refractivity contribution in [2.75, 3.05) is 20.8 Å². The zero-order valence-corrected chi connectivity index (χ0v) is 16.4. The summed E-state index contributed by atoms with van der Waals surface area (Å²) in [5.74, 6) is 0.964. The molecule has 2 rings (SSSR count). The first-order valence-electron chi connectivity index (χ1n) is 9.05. The average molecular weight is 382 g/mol. The van der Waals surface area contributed by atoms with E-state index in [1.54, 1.807) is 32.4 Å². The van der Waals surface area contributed by atoms with Crippen LogP contribution >= 0.6 is 0 Å². The number of benzene rings is 2. The molecule has 0 spiro atoms. The van der Waals surface area contributed by atoms with Gasteiger partial charge in [0.15, 0.2) is 0 Å². The smallest absolute Gasteiger partial charge is 0.244 e. The van der Waals surface area contributed by atoms with Gasteiger partial charge in [-0.3, -0.25) is 9.59 Å². The molecule has 0 aliphatic carbocycles. The Hall–Kier alpha value is -3.28. The van der Waals surface area contributed by atoms with Gasteiger partial charge in [-0.2, -0.15) is 0 Å². The molecule has 6 heteroatoms. The Labute approximate surface area is 165 Å². The van der Waals surface area contributed by atoms with E-state index in [-0.39, 0.29) is 30.8 Å². The van der Waals surface area contributed by atoms with Crippen LogP contribution in [0.2, 0.25) is 0 Å². The minimum atomic E-state index is -0.258. The Morgan fingerprint density at radius 3 is 2.50 bits per heavy atom. The van der Waals surface area contributed by atoms with Crippen LogP contribution in [0.5, 0.6) is 11.5 Å². The van der Waals surface area contributed by atoms with Gasteiger partial charge in [0.25, 0.3) is 0 Å². The molecule has 28 heavy (non-hydrogen) atoms. The highest BCUT2D eigenvalue weighted by molar-refractivity contribution is 5.92. The fraction of sp³-hybridized carbons (Fsp3) is 0.273. The number of ether oxygens (including phenoxy) is 2. The Kier molecular flexibility index (Phi) is 8.09. The second-order valence-corrected chi connectivity index (χ2v) is 6.18. The number of amides is 2. The van der Waals surface area contributed by atoms with Crippen molar-refractivity contribution < 1.29 is 19.1 Å². The highest BCUT2D eigenvalue weighted by atomic mass is 16.5. The molecule has 0 saturated carbocycles. The zero-order valence-electron chi connectivity index (χ0n) is 16.4. The van der Waals surface area contributed by atoms with E-state index in [0.717, 1.165) is 11.1 Å². The fourth-order valence-electron chi connectivity index (χ4n) is 2.66.